The highest BCUT2D eigenvalue weighted by molar-refractivity contribution is 5.98. The van der Waals surface area contributed by atoms with Crippen molar-refractivity contribution < 1.29 is 19.4 Å². The van der Waals surface area contributed by atoms with Crippen LogP contribution in [0.4, 0.5) is 4.79 Å². The number of ether oxygens (including phenoxy) is 1. The van der Waals surface area contributed by atoms with Gasteiger partial charge < -0.3 is 14.7 Å². The van der Waals surface area contributed by atoms with Gasteiger partial charge in [0.25, 0.3) is 0 Å². The summed E-state index contributed by atoms with van der Waals surface area (Å²) in [4.78, 5) is 27.8. The molecule has 6 nitrogen and oxygen atoms in total. The average Bonchev–Trinajstić information content (AvgIpc) is 2.25. The van der Waals surface area contributed by atoms with E-state index in [1.807, 2.05) is 0 Å². The summed E-state index contributed by atoms with van der Waals surface area (Å²) >= 11 is 0. The van der Waals surface area contributed by atoms with Crippen LogP contribution in [0.25, 0.3) is 0 Å². The van der Waals surface area contributed by atoms with Gasteiger partial charge in [0.2, 0.25) is 0 Å². The summed E-state index contributed by atoms with van der Waals surface area (Å²) in [5.41, 5.74) is -0.335. The van der Waals surface area contributed by atoms with Crippen LogP contribution >= 0.6 is 0 Å². The van der Waals surface area contributed by atoms with Crippen molar-refractivity contribution in [1.82, 2.24) is 9.88 Å². The number of hydrogen-bond donors (Lipinski definition) is 1. The maximum Gasteiger partial charge on any atom is 0.407 e. The Labute approximate surface area is 96.8 Å². The van der Waals surface area contributed by atoms with Gasteiger partial charge in [-0.1, -0.05) is 0 Å². The number of amides is 1. The SMILES string of the molecule is O=C1CC2(CN(C(=O)O)C2)Oc2cccnc21. The summed E-state index contributed by atoms with van der Waals surface area (Å²) in [5, 5.41) is 8.78. The van der Waals surface area contributed by atoms with Gasteiger partial charge in [-0.05, 0) is 12.1 Å². The second kappa shape index (κ2) is 3.19. The van der Waals surface area contributed by atoms with Crippen molar-refractivity contribution in [3.05, 3.63) is 24.0 Å². The summed E-state index contributed by atoms with van der Waals surface area (Å²) in [6.45, 7) is 0.477. The average molecular weight is 234 g/mol. The molecule has 17 heavy (non-hydrogen) atoms. The maximum absolute atomic E-state index is 11.9. The lowest BCUT2D eigenvalue weighted by Crippen LogP contribution is -2.68. The van der Waals surface area contributed by atoms with Gasteiger partial charge in [-0.15, -0.1) is 0 Å². The fourth-order valence-corrected chi connectivity index (χ4v) is 2.29. The second-order valence-corrected chi connectivity index (χ2v) is 4.37. The molecule has 1 aromatic rings. The number of fused-ring (bicyclic) bond motifs is 1. The minimum Gasteiger partial charge on any atom is -0.481 e. The van der Waals surface area contributed by atoms with Gasteiger partial charge in [0.05, 0.1) is 19.5 Å². The quantitative estimate of drug-likeness (QED) is 0.717. The van der Waals surface area contributed by atoms with E-state index in [2.05, 4.69) is 4.98 Å². The molecule has 6 heteroatoms. The number of ketones is 1. The van der Waals surface area contributed by atoms with Crippen molar-refractivity contribution in [2.45, 2.75) is 12.0 Å². The highest BCUT2D eigenvalue weighted by Crippen LogP contribution is 2.37. The predicted molar refractivity (Wildman–Crippen MR) is 56.1 cm³/mol. The van der Waals surface area contributed by atoms with Crippen molar-refractivity contribution in [2.24, 2.45) is 0 Å². The molecule has 0 unspecified atom stereocenters. The third-order valence-electron chi connectivity index (χ3n) is 3.07. The molecule has 2 aliphatic heterocycles. The smallest absolute Gasteiger partial charge is 0.407 e. The number of carbonyl (C=O) groups is 2. The van der Waals surface area contributed by atoms with E-state index in [-0.39, 0.29) is 25.3 Å². The van der Waals surface area contributed by atoms with Crippen molar-refractivity contribution in [1.29, 1.82) is 0 Å². The van der Waals surface area contributed by atoms with E-state index in [1.165, 1.54) is 4.90 Å². The first kappa shape index (κ1) is 10.1. The fourth-order valence-electron chi connectivity index (χ4n) is 2.29. The summed E-state index contributed by atoms with van der Waals surface area (Å²) in [6.07, 6.45) is 0.757. The second-order valence-electron chi connectivity index (χ2n) is 4.37. The summed E-state index contributed by atoms with van der Waals surface area (Å²) < 4.78 is 5.72. The Bertz CT molecular complexity index is 508. The van der Waals surface area contributed by atoms with Gasteiger partial charge in [-0.3, -0.25) is 4.79 Å². The molecule has 1 spiro atoms. The zero-order valence-electron chi connectivity index (χ0n) is 8.92. The first-order valence-corrected chi connectivity index (χ1v) is 5.25. The third kappa shape index (κ3) is 1.44. The molecule has 2 aliphatic rings. The zero-order chi connectivity index (χ0) is 12.0. The van der Waals surface area contributed by atoms with Crippen LogP contribution in [-0.2, 0) is 0 Å². The Morgan fingerprint density at radius 3 is 3.00 bits per heavy atom. The lowest BCUT2D eigenvalue weighted by atomic mass is 9.85. The predicted octanol–water partition coefficient (Wildman–Crippen LogP) is 0.779. The molecular weight excluding hydrogens is 224 g/mol. The Kier molecular flexibility index (Phi) is 1.89. The van der Waals surface area contributed by atoms with Gasteiger partial charge in [-0.25, -0.2) is 9.78 Å². The van der Waals surface area contributed by atoms with Crippen LogP contribution in [-0.4, -0.2) is 45.6 Å². The summed E-state index contributed by atoms with van der Waals surface area (Å²) in [7, 11) is 0. The molecular formula is C11H10N2O4. The fraction of sp³-hybridized carbons (Fsp3) is 0.364. The third-order valence-corrected chi connectivity index (χ3v) is 3.07. The highest BCUT2D eigenvalue weighted by atomic mass is 16.5. The molecule has 0 aromatic carbocycles. The van der Waals surface area contributed by atoms with E-state index in [4.69, 9.17) is 9.84 Å². The Hall–Kier alpha value is -2.11. The molecule has 0 bridgehead atoms. The minimum absolute atomic E-state index is 0.0862. The van der Waals surface area contributed by atoms with Crippen LogP contribution in [0.1, 0.15) is 16.9 Å². The van der Waals surface area contributed by atoms with Gasteiger partial charge in [0.15, 0.2) is 11.4 Å². The molecule has 1 N–H and O–H groups in total. The lowest BCUT2D eigenvalue weighted by Gasteiger charge is -2.49. The number of likely N-dealkylation sites (tertiary alicyclic amines) is 1. The molecule has 3 heterocycles. The normalized spacial score (nSPS) is 20.5. The van der Waals surface area contributed by atoms with E-state index in [9.17, 15) is 9.59 Å². The van der Waals surface area contributed by atoms with Gasteiger partial charge in [-0.2, -0.15) is 0 Å². The first-order chi connectivity index (χ1) is 8.10. The van der Waals surface area contributed by atoms with E-state index < -0.39 is 11.7 Å². The molecule has 1 aromatic heterocycles. The highest BCUT2D eigenvalue weighted by Gasteiger charge is 2.52. The number of carbonyl (C=O) groups excluding carboxylic acids is 1. The molecule has 1 amide bonds. The first-order valence-electron chi connectivity index (χ1n) is 5.25. The van der Waals surface area contributed by atoms with Crippen molar-refractivity contribution in [2.75, 3.05) is 13.1 Å². The molecule has 0 radical (unpaired) electrons. The molecule has 1 fully saturated rings. The number of nitrogens with zero attached hydrogens (tertiary/aromatic N) is 2. The van der Waals surface area contributed by atoms with Gasteiger partial charge >= 0.3 is 6.09 Å². The van der Waals surface area contributed by atoms with E-state index >= 15 is 0 Å². The monoisotopic (exact) mass is 234 g/mol. The van der Waals surface area contributed by atoms with E-state index in [0.29, 0.717) is 11.4 Å². The largest absolute Gasteiger partial charge is 0.481 e. The molecule has 3 rings (SSSR count). The molecule has 0 aliphatic carbocycles. The Morgan fingerprint density at radius 2 is 2.29 bits per heavy atom. The van der Waals surface area contributed by atoms with Crippen molar-refractivity contribution in [3.8, 4) is 5.75 Å². The summed E-state index contributed by atoms with van der Waals surface area (Å²) in [5.74, 6) is 0.366. The number of pyridine rings is 1. The van der Waals surface area contributed by atoms with E-state index in [0.717, 1.165) is 0 Å². The number of aromatic nitrogens is 1. The maximum atomic E-state index is 11.9. The standard InChI is InChI=1S/C11H10N2O4/c14-7-4-11(5-13(6-11)10(15)16)17-8-2-1-3-12-9(7)8/h1-3H,4-6H2,(H,15,16). The summed E-state index contributed by atoms with van der Waals surface area (Å²) in [6, 6.07) is 3.38. The van der Waals surface area contributed by atoms with Crippen LogP contribution in [0, 0.1) is 0 Å². The van der Waals surface area contributed by atoms with Gasteiger partial charge in [0.1, 0.15) is 11.4 Å². The van der Waals surface area contributed by atoms with Crippen LogP contribution in [0.2, 0.25) is 0 Å². The zero-order valence-corrected chi connectivity index (χ0v) is 8.92. The molecule has 0 saturated carbocycles. The number of rotatable bonds is 0. The molecule has 88 valence electrons. The lowest BCUT2D eigenvalue weighted by molar-refractivity contribution is -0.0689. The van der Waals surface area contributed by atoms with Crippen LogP contribution < -0.4 is 4.74 Å². The topological polar surface area (TPSA) is 79.7 Å². The number of hydrogen-bond acceptors (Lipinski definition) is 4. The Balaban J connectivity index is 1.86. The molecule has 1 saturated heterocycles. The number of carboxylic acid groups (broad SMARTS) is 1. The molecule has 0 atom stereocenters. The van der Waals surface area contributed by atoms with Gasteiger partial charge in [0, 0.05) is 6.20 Å². The van der Waals surface area contributed by atoms with E-state index in [1.54, 1.807) is 18.3 Å². The van der Waals surface area contributed by atoms with Crippen LogP contribution in [0.15, 0.2) is 18.3 Å². The number of Topliss-reactive ketones (excluding diaryl/α,β-unsaturated/α-hetero) is 1. The van der Waals surface area contributed by atoms with Crippen molar-refractivity contribution >= 4 is 11.9 Å². The van der Waals surface area contributed by atoms with Crippen LogP contribution in [0.3, 0.4) is 0 Å². The van der Waals surface area contributed by atoms with Crippen LogP contribution in [0.5, 0.6) is 5.75 Å². The minimum atomic E-state index is -0.983. The Morgan fingerprint density at radius 1 is 1.53 bits per heavy atom. The van der Waals surface area contributed by atoms with Crippen molar-refractivity contribution in [3.63, 3.8) is 0 Å².